The fraction of sp³-hybridized carbons (Fsp3) is 0.909. The van der Waals surface area contributed by atoms with Gasteiger partial charge in [-0.15, -0.1) is 0 Å². The van der Waals surface area contributed by atoms with Crippen molar-refractivity contribution >= 4 is 5.97 Å². The smallest absolute Gasteiger partial charge is 0.320 e. The number of rotatable bonds is 12. The molecule has 2 N–H and O–H groups in total. The zero-order chi connectivity index (χ0) is 12.9. The van der Waals surface area contributed by atoms with E-state index in [4.69, 9.17) is 19.3 Å². The summed E-state index contributed by atoms with van der Waals surface area (Å²) in [7, 11) is 3.28. The Labute approximate surface area is 102 Å². The molecule has 102 valence electrons. The standard InChI is InChI=1S/C11H23NO5/c1-12-10(11(13)14)4-7-17-9-8-16-6-3-5-15-2/h10,12H,3-9H2,1-2H3,(H,13,14). The van der Waals surface area contributed by atoms with Gasteiger partial charge in [0.25, 0.3) is 0 Å². The summed E-state index contributed by atoms with van der Waals surface area (Å²) in [6, 6.07) is -0.544. The maximum absolute atomic E-state index is 10.6. The van der Waals surface area contributed by atoms with E-state index in [1.807, 2.05) is 0 Å². The topological polar surface area (TPSA) is 77.0 Å². The Morgan fingerprint density at radius 2 is 1.82 bits per heavy atom. The van der Waals surface area contributed by atoms with Crippen molar-refractivity contribution in [2.75, 3.05) is 47.2 Å². The molecule has 1 unspecified atom stereocenters. The van der Waals surface area contributed by atoms with E-state index in [-0.39, 0.29) is 0 Å². The highest BCUT2D eigenvalue weighted by molar-refractivity contribution is 5.73. The van der Waals surface area contributed by atoms with E-state index in [9.17, 15) is 4.79 Å². The molecule has 0 saturated carbocycles. The van der Waals surface area contributed by atoms with Crippen LogP contribution in [-0.4, -0.2) is 64.3 Å². The summed E-state index contributed by atoms with van der Waals surface area (Å²) >= 11 is 0. The largest absolute Gasteiger partial charge is 0.480 e. The first-order valence-corrected chi connectivity index (χ1v) is 5.76. The van der Waals surface area contributed by atoms with Crippen LogP contribution in [0, 0.1) is 0 Å². The number of carbonyl (C=O) groups is 1. The Morgan fingerprint density at radius 1 is 1.18 bits per heavy atom. The Bertz CT molecular complexity index is 189. The van der Waals surface area contributed by atoms with Crippen LogP contribution in [0.3, 0.4) is 0 Å². The third-order valence-electron chi connectivity index (χ3n) is 2.21. The van der Waals surface area contributed by atoms with Crippen molar-refractivity contribution in [3.63, 3.8) is 0 Å². The third-order valence-corrected chi connectivity index (χ3v) is 2.21. The Hall–Kier alpha value is -0.690. The summed E-state index contributed by atoms with van der Waals surface area (Å²) in [5.74, 6) is -0.855. The van der Waals surface area contributed by atoms with Crippen LogP contribution in [0.4, 0.5) is 0 Å². The molecule has 0 aliphatic carbocycles. The van der Waals surface area contributed by atoms with Crippen molar-refractivity contribution in [3.8, 4) is 0 Å². The normalized spacial score (nSPS) is 12.6. The SMILES string of the molecule is CNC(CCOCCOCCCOC)C(=O)O. The number of carboxylic acid groups (broad SMARTS) is 1. The van der Waals surface area contributed by atoms with Crippen LogP contribution in [0.25, 0.3) is 0 Å². The van der Waals surface area contributed by atoms with E-state index in [0.717, 1.165) is 6.42 Å². The van der Waals surface area contributed by atoms with Crippen molar-refractivity contribution in [2.45, 2.75) is 18.9 Å². The maximum Gasteiger partial charge on any atom is 0.320 e. The van der Waals surface area contributed by atoms with Crippen LogP contribution in [-0.2, 0) is 19.0 Å². The third kappa shape index (κ3) is 10.2. The molecule has 0 rings (SSSR count). The van der Waals surface area contributed by atoms with E-state index < -0.39 is 12.0 Å². The van der Waals surface area contributed by atoms with Gasteiger partial charge >= 0.3 is 5.97 Å². The van der Waals surface area contributed by atoms with Crippen LogP contribution in [0.5, 0.6) is 0 Å². The Balaban J connectivity index is 3.20. The quantitative estimate of drug-likeness (QED) is 0.478. The molecular weight excluding hydrogens is 226 g/mol. The molecular formula is C11H23NO5. The first-order valence-electron chi connectivity index (χ1n) is 5.76. The van der Waals surface area contributed by atoms with Crippen molar-refractivity contribution < 1.29 is 24.1 Å². The van der Waals surface area contributed by atoms with Gasteiger partial charge in [0.05, 0.1) is 13.2 Å². The molecule has 0 bridgehead atoms. The molecule has 17 heavy (non-hydrogen) atoms. The second-order valence-corrected chi connectivity index (χ2v) is 3.54. The van der Waals surface area contributed by atoms with Gasteiger partial charge in [-0.1, -0.05) is 0 Å². The highest BCUT2D eigenvalue weighted by atomic mass is 16.5. The predicted molar refractivity (Wildman–Crippen MR) is 63.2 cm³/mol. The van der Waals surface area contributed by atoms with Crippen LogP contribution < -0.4 is 5.32 Å². The second kappa shape index (κ2) is 11.8. The number of carboxylic acids is 1. The molecule has 0 aromatic carbocycles. The van der Waals surface area contributed by atoms with Gasteiger partial charge < -0.3 is 24.6 Å². The van der Waals surface area contributed by atoms with Crippen molar-refractivity contribution in [2.24, 2.45) is 0 Å². The van der Waals surface area contributed by atoms with Gasteiger partial charge in [-0.3, -0.25) is 4.79 Å². The van der Waals surface area contributed by atoms with Crippen LogP contribution in [0.1, 0.15) is 12.8 Å². The summed E-state index contributed by atoms with van der Waals surface area (Å²) in [5, 5.41) is 11.4. The molecule has 0 aromatic heterocycles. The second-order valence-electron chi connectivity index (χ2n) is 3.54. The lowest BCUT2D eigenvalue weighted by Gasteiger charge is -2.11. The van der Waals surface area contributed by atoms with Gasteiger partial charge in [-0.2, -0.15) is 0 Å². The summed E-state index contributed by atoms with van der Waals surface area (Å²) in [4.78, 5) is 10.6. The zero-order valence-electron chi connectivity index (χ0n) is 10.6. The summed E-state index contributed by atoms with van der Waals surface area (Å²) in [6.07, 6.45) is 1.33. The zero-order valence-corrected chi connectivity index (χ0v) is 10.6. The first kappa shape index (κ1) is 16.3. The van der Waals surface area contributed by atoms with Gasteiger partial charge in [0.15, 0.2) is 0 Å². The molecule has 0 aliphatic rings. The highest BCUT2D eigenvalue weighted by Gasteiger charge is 2.13. The molecule has 0 radical (unpaired) electrons. The number of hydrogen-bond donors (Lipinski definition) is 2. The number of methoxy groups -OCH3 is 1. The Morgan fingerprint density at radius 3 is 2.35 bits per heavy atom. The molecule has 0 aromatic rings. The first-order chi connectivity index (χ1) is 8.22. The van der Waals surface area contributed by atoms with Gasteiger partial charge in [-0.25, -0.2) is 0 Å². The fourth-order valence-electron chi connectivity index (χ4n) is 1.22. The van der Waals surface area contributed by atoms with E-state index in [1.165, 1.54) is 0 Å². The van der Waals surface area contributed by atoms with Gasteiger partial charge in [0.2, 0.25) is 0 Å². The minimum absolute atomic E-state index is 0.416. The van der Waals surface area contributed by atoms with Gasteiger partial charge in [0.1, 0.15) is 6.04 Å². The molecule has 1 atom stereocenters. The summed E-state index contributed by atoms with van der Waals surface area (Å²) < 4.78 is 15.4. The van der Waals surface area contributed by atoms with Crippen molar-refractivity contribution in [1.82, 2.24) is 5.32 Å². The van der Waals surface area contributed by atoms with E-state index in [0.29, 0.717) is 39.5 Å². The molecule has 0 heterocycles. The van der Waals surface area contributed by atoms with Gasteiger partial charge in [-0.05, 0) is 19.9 Å². The highest BCUT2D eigenvalue weighted by Crippen LogP contribution is 1.93. The lowest BCUT2D eigenvalue weighted by molar-refractivity contribution is -0.139. The molecule has 6 heteroatoms. The van der Waals surface area contributed by atoms with Crippen molar-refractivity contribution in [3.05, 3.63) is 0 Å². The minimum Gasteiger partial charge on any atom is -0.480 e. The summed E-state index contributed by atoms with van der Waals surface area (Å²) in [5.41, 5.74) is 0. The average Bonchev–Trinajstić information content (AvgIpc) is 2.31. The number of likely N-dealkylation sites (N-methyl/N-ethyl adjacent to an activating group) is 1. The number of nitrogens with one attached hydrogen (secondary N) is 1. The molecule has 0 saturated heterocycles. The average molecular weight is 249 g/mol. The number of aliphatic carboxylic acids is 1. The van der Waals surface area contributed by atoms with Crippen LogP contribution >= 0.6 is 0 Å². The molecule has 0 spiro atoms. The number of hydrogen-bond acceptors (Lipinski definition) is 5. The van der Waals surface area contributed by atoms with E-state index in [1.54, 1.807) is 14.2 Å². The Kier molecular flexibility index (Phi) is 11.3. The minimum atomic E-state index is -0.855. The van der Waals surface area contributed by atoms with E-state index in [2.05, 4.69) is 5.32 Å². The number of ether oxygens (including phenoxy) is 3. The molecule has 6 nitrogen and oxygen atoms in total. The molecule has 0 amide bonds. The van der Waals surface area contributed by atoms with Gasteiger partial charge in [0, 0.05) is 26.9 Å². The molecule has 0 fully saturated rings. The van der Waals surface area contributed by atoms with Crippen LogP contribution in [0.15, 0.2) is 0 Å². The lowest BCUT2D eigenvalue weighted by Crippen LogP contribution is -2.34. The van der Waals surface area contributed by atoms with Crippen LogP contribution in [0.2, 0.25) is 0 Å². The summed E-state index contributed by atoms with van der Waals surface area (Å²) in [6.45, 7) is 2.79. The maximum atomic E-state index is 10.6. The lowest BCUT2D eigenvalue weighted by atomic mass is 10.2. The van der Waals surface area contributed by atoms with E-state index >= 15 is 0 Å². The predicted octanol–water partition coefficient (Wildman–Crippen LogP) is 0.119. The monoisotopic (exact) mass is 249 g/mol. The van der Waals surface area contributed by atoms with Crippen molar-refractivity contribution in [1.29, 1.82) is 0 Å². The molecule has 0 aliphatic heterocycles. The fourth-order valence-corrected chi connectivity index (χ4v) is 1.22.